The van der Waals surface area contributed by atoms with Gasteiger partial charge in [0.1, 0.15) is 0 Å². The van der Waals surface area contributed by atoms with Crippen LogP contribution in [0.4, 0.5) is 4.79 Å². The molecule has 1 saturated carbocycles. The third-order valence-electron chi connectivity index (χ3n) is 3.65. The van der Waals surface area contributed by atoms with E-state index in [0.29, 0.717) is 6.54 Å². The Bertz CT molecular complexity index is 212. The molecular formula is C12H21N2O. The zero-order valence-electron chi connectivity index (χ0n) is 9.45. The fourth-order valence-electron chi connectivity index (χ4n) is 2.72. The van der Waals surface area contributed by atoms with Crippen molar-refractivity contribution in [3.63, 3.8) is 0 Å². The van der Waals surface area contributed by atoms with Gasteiger partial charge in [0.2, 0.25) is 0 Å². The summed E-state index contributed by atoms with van der Waals surface area (Å²) in [6.07, 6.45) is 9.58. The van der Waals surface area contributed by atoms with E-state index in [2.05, 4.69) is 5.32 Å². The topological polar surface area (TPSA) is 34.4 Å². The minimum Gasteiger partial charge on any atom is -0.321 e. The normalized spacial score (nSPS) is 23.2. The van der Waals surface area contributed by atoms with Crippen LogP contribution >= 0.6 is 0 Å². The van der Waals surface area contributed by atoms with Crippen molar-refractivity contribution in [2.75, 3.05) is 19.6 Å². The molecule has 1 aliphatic carbocycles. The van der Waals surface area contributed by atoms with E-state index in [1.54, 1.807) is 0 Å². The first-order valence-electron chi connectivity index (χ1n) is 6.32. The summed E-state index contributed by atoms with van der Waals surface area (Å²) in [5, 5.41) is 3.87. The summed E-state index contributed by atoms with van der Waals surface area (Å²) in [7, 11) is 0. The van der Waals surface area contributed by atoms with E-state index >= 15 is 0 Å². The number of hydrogen-bond donors (Lipinski definition) is 0. The third kappa shape index (κ3) is 3.11. The van der Waals surface area contributed by atoms with Crippen molar-refractivity contribution in [1.82, 2.24) is 10.2 Å². The Morgan fingerprint density at radius 1 is 1.27 bits per heavy atom. The number of amides is 2. The van der Waals surface area contributed by atoms with Gasteiger partial charge in [-0.3, -0.25) is 0 Å². The molecule has 2 fully saturated rings. The highest BCUT2D eigenvalue weighted by atomic mass is 16.2. The molecule has 0 spiro atoms. The molecule has 2 rings (SSSR count). The summed E-state index contributed by atoms with van der Waals surface area (Å²) < 4.78 is 0. The average molecular weight is 209 g/mol. The van der Waals surface area contributed by atoms with Gasteiger partial charge in [0.05, 0.1) is 6.54 Å². The molecule has 0 unspecified atom stereocenters. The van der Waals surface area contributed by atoms with Crippen molar-refractivity contribution in [2.45, 2.75) is 44.9 Å². The van der Waals surface area contributed by atoms with E-state index in [0.717, 1.165) is 19.0 Å². The lowest BCUT2D eigenvalue weighted by molar-refractivity contribution is 0.213. The molecule has 15 heavy (non-hydrogen) atoms. The minimum absolute atomic E-state index is 0.0126. The van der Waals surface area contributed by atoms with Crippen molar-refractivity contribution >= 4 is 6.03 Å². The molecule has 1 heterocycles. The highest BCUT2D eigenvalue weighted by molar-refractivity contribution is 5.75. The molecule has 0 aromatic carbocycles. The zero-order valence-corrected chi connectivity index (χ0v) is 9.45. The summed E-state index contributed by atoms with van der Waals surface area (Å²) in [5.74, 6) is 0.938. The van der Waals surface area contributed by atoms with Crippen LogP contribution in [0.2, 0.25) is 0 Å². The Labute approximate surface area is 92.2 Å². The number of carbonyl (C=O) groups excluding carboxylic acids is 1. The first-order chi connectivity index (χ1) is 7.36. The standard InChI is InChI=1S/C12H21N2O/c15-12-13-8-10-14(12)9-4-7-11-5-2-1-3-6-11/h11H,1-10H2. The first kappa shape index (κ1) is 10.8. The lowest BCUT2D eigenvalue weighted by Gasteiger charge is -2.22. The van der Waals surface area contributed by atoms with Crippen molar-refractivity contribution < 1.29 is 4.79 Å². The van der Waals surface area contributed by atoms with Crippen LogP contribution in [0.1, 0.15) is 44.9 Å². The molecule has 3 heteroatoms. The Balaban J connectivity index is 1.59. The van der Waals surface area contributed by atoms with Gasteiger partial charge in [-0.05, 0) is 18.8 Å². The van der Waals surface area contributed by atoms with Gasteiger partial charge in [-0.2, -0.15) is 0 Å². The fourth-order valence-corrected chi connectivity index (χ4v) is 2.72. The molecule has 2 amide bonds. The molecule has 1 saturated heterocycles. The summed E-state index contributed by atoms with van der Waals surface area (Å²) >= 11 is 0. The summed E-state index contributed by atoms with van der Waals surface area (Å²) in [4.78, 5) is 13.1. The molecule has 1 aliphatic heterocycles. The average Bonchev–Trinajstić information content (AvgIpc) is 2.66. The predicted octanol–water partition coefficient (Wildman–Crippen LogP) is 2.39. The van der Waals surface area contributed by atoms with Gasteiger partial charge in [-0.1, -0.05) is 32.1 Å². The molecule has 0 aromatic heterocycles. The number of rotatable bonds is 4. The molecule has 85 valence electrons. The lowest BCUT2D eigenvalue weighted by Crippen LogP contribution is -2.27. The number of carbonyl (C=O) groups is 1. The maximum Gasteiger partial charge on any atom is 0.339 e. The Kier molecular flexibility index (Phi) is 3.87. The Morgan fingerprint density at radius 3 is 2.73 bits per heavy atom. The predicted molar refractivity (Wildman–Crippen MR) is 59.8 cm³/mol. The number of hydrogen-bond acceptors (Lipinski definition) is 1. The van der Waals surface area contributed by atoms with E-state index in [-0.39, 0.29) is 6.03 Å². The molecule has 2 aliphatic rings. The van der Waals surface area contributed by atoms with E-state index < -0.39 is 0 Å². The Hall–Kier alpha value is -0.730. The van der Waals surface area contributed by atoms with Crippen LogP contribution in [0.5, 0.6) is 0 Å². The van der Waals surface area contributed by atoms with Crippen LogP contribution in [0.15, 0.2) is 0 Å². The molecule has 1 radical (unpaired) electrons. The van der Waals surface area contributed by atoms with E-state index in [1.807, 2.05) is 4.90 Å². The maximum atomic E-state index is 11.2. The van der Waals surface area contributed by atoms with Gasteiger partial charge >= 0.3 is 6.03 Å². The second kappa shape index (κ2) is 5.38. The quantitative estimate of drug-likeness (QED) is 0.700. The summed E-state index contributed by atoms with van der Waals surface area (Å²) in [5.41, 5.74) is 0. The van der Waals surface area contributed by atoms with Crippen LogP contribution in [-0.4, -0.2) is 30.6 Å². The zero-order chi connectivity index (χ0) is 10.5. The molecule has 0 atom stereocenters. The summed E-state index contributed by atoms with van der Waals surface area (Å²) in [6.45, 7) is 2.49. The largest absolute Gasteiger partial charge is 0.339 e. The second-order valence-electron chi connectivity index (χ2n) is 4.80. The van der Waals surface area contributed by atoms with Gasteiger partial charge in [-0.25, -0.2) is 10.1 Å². The molecule has 0 bridgehead atoms. The van der Waals surface area contributed by atoms with Gasteiger partial charge in [-0.15, -0.1) is 0 Å². The van der Waals surface area contributed by atoms with Crippen molar-refractivity contribution in [3.8, 4) is 0 Å². The van der Waals surface area contributed by atoms with Gasteiger partial charge in [0.15, 0.2) is 0 Å². The molecule has 0 aromatic rings. The van der Waals surface area contributed by atoms with Crippen molar-refractivity contribution in [3.05, 3.63) is 0 Å². The van der Waals surface area contributed by atoms with E-state index in [9.17, 15) is 4.79 Å². The van der Waals surface area contributed by atoms with Crippen LogP contribution in [-0.2, 0) is 0 Å². The van der Waals surface area contributed by atoms with Gasteiger partial charge < -0.3 is 4.90 Å². The molecule has 3 nitrogen and oxygen atoms in total. The summed E-state index contributed by atoms with van der Waals surface area (Å²) in [6, 6.07) is 0.0126. The van der Waals surface area contributed by atoms with Crippen LogP contribution < -0.4 is 5.32 Å². The van der Waals surface area contributed by atoms with Crippen molar-refractivity contribution in [1.29, 1.82) is 0 Å². The monoisotopic (exact) mass is 209 g/mol. The van der Waals surface area contributed by atoms with E-state index in [4.69, 9.17) is 0 Å². The lowest BCUT2D eigenvalue weighted by atomic mass is 9.86. The van der Waals surface area contributed by atoms with Crippen LogP contribution in [0.25, 0.3) is 0 Å². The van der Waals surface area contributed by atoms with Crippen molar-refractivity contribution in [2.24, 2.45) is 5.92 Å². The van der Waals surface area contributed by atoms with E-state index in [1.165, 1.54) is 44.9 Å². The smallest absolute Gasteiger partial charge is 0.321 e. The van der Waals surface area contributed by atoms with Crippen LogP contribution in [0.3, 0.4) is 0 Å². The first-order valence-corrected chi connectivity index (χ1v) is 6.32. The highest BCUT2D eigenvalue weighted by Crippen LogP contribution is 2.27. The number of nitrogens with zero attached hydrogens (tertiary/aromatic N) is 2. The Morgan fingerprint density at radius 2 is 2.07 bits per heavy atom. The number of urea groups is 1. The van der Waals surface area contributed by atoms with Gasteiger partial charge in [0, 0.05) is 13.1 Å². The minimum atomic E-state index is 0.0126. The maximum absolute atomic E-state index is 11.2. The third-order valence-corrected chi connectivity index (χ3v) is 3.65. The molecular weight excluding hydrogens is 188 g/mol. The molecule has 0 N–H and O–H groups in total. The van der Waals surface area contributed by atoms with Crippen LogP contribution in [0, 0.1) is 5.92 Å². The fraction of sp³-hybridized carbons (Fsp3) is 0.917. The SMILES string of the molecule is O=C1[N]CCN1CCCC1CCCCC1. The second-order valence-corrected chi connectivity index (χ2v) is 4.80. The van der Waals surface area contributed by atoms with Gasteiger partial charge in [0.25, 0.3) is 0 Å². The highest BCUT2D eigenvalue weighted by Gasteiger charge is 2.21.